The Morgan fingerprint density at radius 3 is 2.70 bits per heavy atom. The Kier molecular flexibility index (Phi) is 5.80. The van der Waals surface area contributed by atoms with Gasteiger partial charge in [0, 0.05) is 12.1 Å². The van der Waals surface area contributed by atoms with E-state index >= 15 is 0 Å². The third-order valence-corrected chi connectivity index (χ3v) is 4.71. The van der Waals surface area contributed by atoms with Crippen molar-refractivity contribution in [2.45, 2.75) is 13.5 Å². The molecule has 0 aliphatic heterocycles. The average molecular weight is 392 g/mol. The smallest absolute Gasteiger partial charge is 0.262 e. The van der Waals surface area contributed by atoms with Gasteiger partial charge in [-0.05, 0) is 36.8 Å². The Morgan fingerprint density at radius 2 is 1.96 bits per heavy atom. The molecule has 0 spiro atoms. The van der Waals surface area contributed by atoms with Crippen molar-refractivity contribution in [3.05, 3.63) is 53.0 Å². The highest BCUT2D eigenvalue weighted by Gasteiger charge is 2.15. The first-order valence-electron chi connectivity index (χ1n) is 7.19. The summed E-state index contributed by atoms with van der Waals surface area (Å²) in [5.74, 6) is 0.645. The van der Waals surface area contributed by atoms with Gasteiger partial charge in [0.05, 0.1) is 7.11 Å². The highest BCUT2D eigenvalue weighted by Crippen LogP contribution is 2.27. The fourth-order valence-corrected chi connectivity index (χ4v) is 3.60. The second-order valence-electron chi connectivity index (χ2n) is 4.92. The molecule has 0 bridgehead atoms. The van der Waals surface area contributed by atoms with Crippen LogP contribution in [0.1, 0.15) is 17.5 Å². The molecule has 0 saturated heterocycles. The van der Waals surface area contributed by atoms with Crippen molar-refractivity contribution in [2.75, 3.05) is 7.11 Å². The van der Waals surface area contributed by atoms with Crippen molar-refractivity contribution in [3.63, 3.8) is 0 Å². The van der Waals surface area contributed by atoms with Gasteiger partial charge >= 0.3 is 0 Å². The molecule has 0 aliphatic carbocycles. The number of ether oxygens (including phenoxy) is 1. The molecule has 23 heavy (non-hydrogen) atoms. The lowest BCUT2D eigenvalue weighted by molar-refractivity contribution is -0.665. The first kappa shape index (κ1) is 17.5. The molecule has 0 fully saturated rings. The number of hydrogen-bond donors (Lipinski definition) is 1. The van der Waals surface area contributed by atoms with E-state index in [1.807, 2.05) is 18.2 Å². The Labute approximate surface area is 150 Å². The molecule has 1 aromatic heterocycles. The summed E-state index contributed by atoms with van der Waals surface area (Å²) in [4.78, 5) is 0. The van der Waals surface area contributed by atoms with E-state index < -0.39 is 0 Å². The van der Waals surface area contributed by atoms with Crippen molar-refractivity contribution in [1.29, 1.82) is 0 Å². The van der Waals surface area contributed by atoms with Gasteiger partial charge in [0.15, 0.2) is 11.5 Å². The first-order chi connectivity index (χ1) is 10.7. The predicted octanol–water partition coefficient (Wildman–Crippen LogP) is 1.10. The number of nitrogens with zero attached hydrogens (tertiary/aromatic N) is 1. The molecule has 3 rings (SSSR count). The molecule has 0 saturated carbocycles. The van der Waals surface area contributed by atoms with E-state index in [0.717, 1.165) is 12.1 Å². The standard InChI is InChI=1S/C18H17NO2S.BrH/c1-3-19-14-6-4-5-7-17(14)22-18(19)11-9-13-8-10-15(20)16(12-13)21-2;/h4-12H,3H2,1-2H3;1H. The van der Waals surface area contributed by atoms with Gasteiger partial charge < -0.3 is 26.8 Å². The number of halogens is 1. The van der Waals surface area contributed by atoms with E-state index in [1.165, 1.54) is 15.2 Å². The zero-order valence-corrected chi connectivity index (χ0v) is 15.4. The predicted molar refractivity (Wildman–Crippen MR) is 91.3 cm³/mol. The Balaban J connectivity index is 0.00000192. The van der Waals surface area contributed by atoms with Crippen molar-refractivity contribution in [3.8, 4) is 11.5 Å². The second-order valence-corrected chi connectivity index (χ2v) is 5.98. The van der Waals surface area contributed by atoms with Crippen molar-refractivity contribution < 1.29 is 31.4 Å². The van der Waals surface area contributed by atoms with Gasteiger partial charge in [0.1, 0.15) is 11.2 Å². The molecule has 0 amide bonds. The van der Waals surface area contributed by atoms with Crippen LogP contribution in [-0.2, 0) is 6.54 Å². The van der Waals surface area contributed by atoms with Crippen LogP contribution in [0, 0.1) is 0 Å². The zero-order chi connectivity index (χ0) is 15.5. The Bertz CT molecular complexity index is 842. The molecule has 1 N–H and O–H groups in total. The minimum absolute atomic E-state index is 0. The minimum Gasteiger partial charge on any atom is -1.00 e. The van der Waals surface area contributed by atoms with Gasteiger partial charge in [-0.3, -0.25) is 0 Å². The largest absolute Gasteiger partial charge is 1.00 e. The molecule has 0 aliphatic rings. The number of aromatic nitrogens is 1. The van der Waals surface area contributed by atoms with Crippen LogP contribution in [0.2, 0.25) is 0 Å². The number of methoxy groups -OCH3 is 1. The lowest BCUT2D eigenvalue weighted by Gasteiger charge is -2.03. The van der Waals surface area contributed by atoms with E-state index in [0.29, 0.717) is 5.75 Å². The summed E-state index contributed by atoms with van der Waals surface area (Å²) >= 11 is 1.78. The third-order valence-electron chi connectivity index (χ3n) is 3.57. The molecule has 3 nitrogen and oxygen atoms in total. The van der Waals surface area contributed by atoms with Crippen LogP contribution in [0.5, 0.6) is 11.5 Å². The molecule has 120 valence electrons. The Morgan fingerprint density at radius 1 is 1.17 bits per heavy atom. The molecular weight excluding hydrogens is 374 g/mol. The van der Waals surface area contributed by atoms with Crippen LogP contribution in [0.3, 0.4) is 0 Å². The highest BCUT2D eigenvalue weighted by atomic mass is 79.9. The molecule has 0 atom stereocenters. The van der Waals surface area contributed by atoms with Gasteiger partial charge in [0.2, 0.25) is 5.52 Å². The van der Waals surface area contributed by atoms with E-state index in [9.17, 15) is 5.11 Å². The van der Waals surface area contributed by atoms with Crippen LogP contribution in [0.15, 0.2) is 42.5 Å². The lowest BCUT2D eigenvalue weighted by atomic mass is 10.2. The number of phenolic OH excluding ortho intramolecular Hbond substituents is 1. The summed E-state index contributed by atoms with van der Waals surface area (Å²) in [7, 11) is 1.56. The molecule has 3 aromatic rings. The van der Waals surface area contributed by atoms with Crippen molar-refractivity contribution in [2.24, 2.45) is 0 Å². The van der Waals surface area contributed by atoms with Gasteiger partial charge in [-0.25, -0.2) is 0 Å². The molecule has 0 radical (unpaired) electrons. The number of para-hydroxylation sites is 1. The number of aryl methyl sites for hydroxylation is 1. The van der Waals surface area contributed by atoms with Crippen LogP contribution >= 0.6 is 11.3 Å². The highest BCUT2D eigenvalue weighted by molar-refractivity contribution is 7.18. The molecule has 0 unspecified atom stereocenters. The molecule has 5 heteroatoms. The topological polar surface area (TPSA) is 33.3 Å². The lowest BCUT2D eigenvalue weighted by Crippen LogP contribution is -3.00. The number of aromatic hydroxyl groups is 1. The van der Waals surface area contributed by atoms with Crippen LogP contribution < -0.4 is 26.3 Å². The summed E-state index contributed by atoms with van der Waals surface area (Å²) in [6.45, 7) is 3.09. The fourth-order valence-electron chi connectivity index (χ4n) is 2.47. The Hall–Kier alpha value is -1.85. The second kappa shape index (κ2) is 7.62. The van der Waals surface area contributed by atoms with Crippen LogP contribution in [0.4, 0.5) is 0 Å². The molecule has 2 aromatic carbocycles. The van der Waals surface area contributed by atoms with Gasteiger partial charge in [0.25, 0.3) is 5.01 Å². The maximum Gasteiger partial charge on any atom is 0.262 e. The van der Waals surface area contributed by atoms with E-state index in [1.54, 1.807) is 24.5 Å². The monoisotopic (exact) mass is 391 g/mol. The number of fused-ring (bicyclic) bond motifs is 1. The van der Waals surface area contributed by atoms with Gasteiger partial charge in [-0.15, -0.1) is 0 Å². The quantitative estimate of drug-likeness (QED) is 0.675. The van der Waals surface area contributed by atoms with E-state index in [-0.39, 0.29) is 22.7 Å². The summed E-state index contributed by atoms with van der Waals surface area (Å²) in [6.07, 6.45) is 4.15. The average Bonchev–Trinajstić information content (AvgIpc) is 2.91. The van der Waals surface area contributed by atoms with Crippen molar-refractivity contribution >= 4 is 33.7 Å². The zero-order valence-electron chi connectivity index (χ0n) is 13.0. The summed E-state index contributed by atoms with van der Waals surface area (Å²) in [5, 5.41) is 10.9. The van der Waals surface area contributed by atoms with E-state index in [2.05, 4.69) is 41.8 Å². The number of phenols is 1. The SMILES string of the molecule is CC[n+]1c(/C=C/c2ccc(O)c(OC)c2)sc2ccccc21.[Br-]. The van der Waals surface area contributed by atoms with Crippen LogP contribution in [0.25, 0.3) is 22.4 Å². The summed E-state index contributed by atoms with van der Waals surface area (Å²) < 4.78 is 8.73. The first-order valence-corrected chi connectivity index (χ1v) is 8.01. The van der Waals surface area contributed by atoms with Gasteiger partial charge in [-0.2, -0.15) is 4.57 Å². The third kappa shape index (κ3) is 3.57. The maximum absolute atomic E-state index is 9.65. The summed E-state index contributed by atoms with van der Waals surface area (Å²) in [6, 6.07) is 13.8. The van der Waals surface area contributed by atoms with E-state index in [4.69, 9.17) is 4.74 Å². The van der Waals surface area contributed by atoms with Crippen molar-refractivity contribution in [1.82, 2.24) is 0 Å². The number of thiazole rings is 1. The summed E-state index contributed by atoms with van der Waals surface area (Å²) in [5.41, 5.74) is 2.26. The number of rotatable bonds is 4. The minimum atomic E-state index is 0. The maximum atomic E-state index is 9.65. The molecular formula is C18H18BrNO2S. The van der Waals surface area contributed by atoms with Crippen LogP contribution in [-0.4, -0.2) is 12.2 Å². The fraction of sp³-hybridized carbons (Fsp3) is 0.167. The normalized spacial score (nSPS) is 10.9. The molecule has 1 heterocycles. The van der Waals surface area contributed by atoms with Gasteiger partial charge in [-0.1, -0.05) is 29.5 Å². The number of benzene rings is 2. The number of hydrogen-bond acceptors (Lipinski definition) is 3.